The molecular weight excluding hydrogens is 382 g/mol. The number of nitrogens with one attached hydrogen (secondary N) is 1. The minimum Gasteiger partial charge on any atom is -0.493 e. The van der Waals surface area contributed by atoms with Crippen molar-refractivity contribution < 1.29 is 23.8 Å². The van der Waals surface area contributed by atoms with Gasteiger partial charge in [-0.15, -0.1) is 0 Å². The van der Waals surface area contributed by atoms with Crippen molar-refractivity contribution in [3.63, 3.8) is 0 Å². The second-order valence-electron chi connectivity index (χ2n) is 6.01. The first-order valence-electron chi connectivity index (χ1n) is 8.51. The standard InChI is InChI=1S/C21H22ClNO5/c1-13-5-8-16(9-6-13)23-21(25)14(2)28-19(24)10-7-15-11-17(22)20(27-4)18(12-15)26-3/h5-12,14H,1-4H3,(H,23,25)/b10-7+/t14-/m1/s1. The molecule has 1 atom stereocenters. The molecule has 6 nitrogen and oxygen atoms in total. The lowest BCUT2D eigenvalue weighted by atomic mass is 10.2. The Balaban J connectivity index is 1.98. The number of aryl methyl sites for hydroxylation is 1. The van der Waals surface area contributed by atoms with Gasteiger partial charge in [0.2, 0.25) is 0 Å². The second-order valence-corrected chi connectivity index (χ2v) is 6.41. The zero-order valence-corrected chi connectivity index (χ0v) is 16.9. The number of carbonyl (C=O) groups excluding carboxylic acids is 2. The number of amides is 1. The van der Waals surface area contributed by atoms with Gasteiger partial charge in [0.1, 0.15) is 0 Å². The molecule has 0 bridgehead atoms. The van der Waals surface area contributed by atoms with Gasteiger partial charge in [-0.3, -0.25) is 4.79 Å². The van der Waals surface area contributed by atoms with Crippen molar-refractivity contribution in [3.05, 3.63) is 58.6 Å². The van der Waals surface area contributed by atoms with Crippen LogP contribution >= 0.6 is 11.6 Å². The largest absolute Gasteiger partial charge is 0.493 e. The summed E-state index contributed by atoms with van der Waals surface area (Å²) >= 11 is 6.13. The van der Waals surface area contributed by atoms with Gasteiger partial charge in [0.25, 0.3) is 5.91 Å². The summed E-state index contributed by atoms with van der Waals surface area (Å²) < 4.78 is 15.5. The van der Waals surface area contributed by atoms with Gasteiger partial charge in [-0.25, -0.2) is 4.79 Å². The Hall–Kier alpha value is -2.99. The van der Waals surface area contributed by atoms with Gasteiger partial charge in [0, 0.05) is 11.8 Å². The van der Waals surface area contributed by atoms with Crippen LogP contribution in [-0.4, -0.2) is 32.2 Å². The number of methoxy groups -OCH3 is 2. The van der Waals surface area contributed by atoms with Crippen LogP contribution in [0.5, 0.6) is 11.5 Å². The molecule has 1 N–H and O–H groups in total. The van der Waals surface area contributed by atoms with Crippen molar-refractivity contribution in [2.75, 3.05) is 19.5 Å². The Morgan fingerprint density at radius 2 is 1.79 bits per heavy atom. The lowest BCUT2D eigenvalue weighted by molar-refractivity contribution is -0.148. The minimum absolute atomic E-state index is 0.348. The van der Waals surface area contributed by atoms with Gasteiger partial charge in [-0.2, -0.15) is 0 Å². The monoisotopic (exact) mass is 403 g/mol. The molecule has 0 unspecified atom stereocenters. The zero-order chi connectivity index (χ0) is 20.7. The Morgan fingerprint density at radius 1 is 1.11 bits per heavy atom. The van der Waals surface area contributed by atoms with Crippen molar-refractivity contribution in [3.8, 4) is 11.5 Å². The molecule has 0 aromatic heterocycles. The Morgan fingerprint density at radius 3 is 2.39 bits per heavy atom. The van der Waals surface area contributed by atoms with Crippen molar-refractivity contribution in [2.24, 2.45) is 0 Å². The van der Waals surface area contributed by atoms with Crippen molar-refractivity contribution >= 4 is 35.2 Å². The quantitative estimate of drug-likeness (QED) is 0.552. The Kier molecular flexibility index (Phi) is 7.46. The molecule has 0 radical (unpaired) electrons. The fraction of sp³-hybridized carbons (Fsp3) is 0.238. The summed E-state index contributed by atoms with van der Waals surface area (Å²) in [5.41, 5.74) is 2.34. The maximum Gasteiger partial charge on any atom is 0.331 e. The normalized spacial score (nSPS) is 11.8. The summed E-state index contributed by atoms with van der Waals surface area (Å²) in [6.45, 7) is 3.45. The molecule has 148 valence electrons. The number of hydrogen-bond acceptors (Lipinski definition) is 5. The SMILES string of the molecule is COc1cc(/C=C/C(=O)O[C@H](C)C(=O)Nc2ccc(C)cc2)cc(Cl)c1OC. The van der Waals surface area contributed by atoms with Gasteiger partial charge in [-0.05, 0) is 49.8 Å². The second kappa shape index (κ2) is 9.80. The van der Waals surface area contributed by atoms with E-state index in [1.165, 1.54) is 33.3 Å². The fourth-order valence-corrected chi connectivity index (χ4v) is 2.64. The molecule has 2 rings (SSSR count). The summed E-state index contributed by atoms with van der Waals surface area (Å²) in [5, 5.41) is 3.04. The first kappa shape index (κ1) is 21.3. The van der Waals surface area contributed by atoms with E-state index in [-0.39, 0.29) is 0 Å². The number of halogens is 1. The molecule has 28 heavy (non-hydrogen) atoms. The van der Waals surface area contributed by atoms with Crippen LogP contribution in [0.25, 0.3) is 6.08 Å². The minimum atomic E-state index is -0.951. The smallest absolute Gasteiger partial charge is 0.331 e. The zero-order valence-electron chi connectivity index (χ0n) is 16.1. The van der Waals surface area contributed by atoms with Crippen LogP contribution in [-0.2, 0) is 14.3 Å². The maximum absolute atomic E-state index is 12.1. The number of carbonyl (C=O) groups is 2. The molecule has 0 spiro atoms. The third-order valence-corrected chi connectivity index (χ3v) is 4.13. The van der Waals surface area contributed by atoms with E-state index in [2.05, 4.69) is 5.32 Å². The molecule has 0 heterocycles. The molecule has 0 aliphatic rings. The van der Waals surface area contributed by atoms with Crippen LogP contribution in [0, 0.1) is 6.92 Å². The van der Waals surface area contributed by atoms with E-state index in [4.69, 9.17) is 25.8 Å². The molecule has 0 fully saturated rings. The van der Waals surface area contributed by atoms with Gasteiger partial charge < -0.3 is 19.5 Å². The van der Waals surface area contributed by atoms with E-state index in [9.17, 15) is 9.59 Å². The molecule has 0 aliphatic carbocycles. The van der Waals surface area contributed by atoms with Crippen LogP contribution in [0.1, 0.15) is 18.1 Å². The fourth-order valence-electron chi connectivity index (χ4n) is 2.35. The number of rotatable bonds is 7. The molecule has 1 amide bonds. The molecule has 2 aromatic carbocycles. The summed E-state index contributed by atoms with van der Waals surface area (Å²) in [6.07, 6.45) is 1.78. The first-order chi connectivity index (χ1) is 13.3. The highest BCUT2D eigenvalue weighted by molar-refractivity contribution is 6.32. The lowest BCUT2D eigenvalue weighted by Gasteiger charge is -2.12. The average Bonchev–Trinajstić information content (AvgIpc) is 2.67. The Bertz CT molecular complexity index is 877. The molecule has 0 saturated carbocycles. The van der Waals surface area contributed by atoms with Crippen LogP contribution in [0.3, 0.4) is 0 Å². The predicted molar refractivity (Wildman–Crippen MR) is 109 cm³/mol. The summed E-state index contributed by atoms with van der Waals surface area (Å²) in [7, 11) is 2.98. The van der Waals surface area contributed by atoms with Gasteiger partial charge in [-0.1, -0.05) is 29.3 Å². The Labute approximate surface area is 169 Å². The van der Waals surface area contributed by atoms with E-state index in [1.807, 2.05) is 19.1 Å². The number of esters is 1. The van der Waals surface area contributed by atoms with E-state index in [0.717, 1.165) is 5.56 Å². The number of anilines is 1. The van der Waals surface area contributed by atoms with Crippen LogP contribution in [0.2, 0.25) is 5.02 Å². The molecule has 0 aliphatic heterocycles. The third-order valence-electron chi connectivity index (χ3n) is 3.85. The van der Waals surface area contributed by atoms with E-state index >= 15 is 0 Å². The van der Waals surface area contributed by atoms with Gasteiger partial charge >= 0.3 is 5.97 Å². The molecular formula is C21H22ClNO5. The highest BCUT2D eigenvalue weighted by Gasteiger charge is 2.17. The lowest BCUT2D eigenvalue weighted by Crippen LogP contribution is -2.29. The van der Waals surface area contributed by atoms with Crippen molar-refractivity contribution in [1.82, 2.24) is 0 Å². The maximum atomic E-state index is 12.1. The number of hydrogen-bond donors (Lipinski definition) is 1. The molecule has 2 aromatic rings. The van der Waals surface area contributed by atoms with Crippen LogP contribution < -0.4 is 14.8 Å². The highest BCUT2D eigenvalue weighted by Crippen LogP contribution is 2.36. The van der Waals surface area contributed by atoms with E-state index in [0.29, 0.717) is 27.8 Å². The van der Waals surface area contributed by atoms with Crippen LogP contribution in [0.15, 0.2) is 42.5 Å². The summed E-state index contributed by atoms with van der Waals surface area (Å²) in [6, 6.07) is 10.6. The highest BCUT2D eigenvalue weighted by atomic mass is 35.5. The van der Waals surface area contributed by atoms with Gasteiger partial charge in [0.15, 0.2) is 17.6 Å². The third kappa shape index (κ3) is 5.76. The average molecular weight is 404 g/mol. The van der Waals surface area contributed by atoms with Crippen molar-refractivity contribution in [1.29, 1.82) is 0 Å². The topological polar surface area (TPSA) is 73.9 Å². The molecule has 7 heteroatoms. The summed E-state index contributed by atoms with van der Waals surface area (Å²) in [4.78, 5) is 24.2. The molecule has 0 saturated heterocycles. The van der Waals surface area contributed by atoms with Crippen molar-refractivity contribution in [2.45, 2.75) is 20.0 Å². The first-order valence-corrected chi connectivity index (χ1v) is 8.89. The number of benzene rings is 2. The van der Waals surface area contributed by atoms with E-state index < -0.39 is 18.0 Å². The number of ether oxygens (including phenoxy) is 3. The summed E-state index contributed by atoms with van der Waals surface area (Å²) in [5.74, 6) is -0.226. The van der Waals surface area contributed by atoms with E-state index in [1.54, 1.807) is 24.3 Å². The predicted octanol–water partition coefficient (Wildman–Crippen LogP) is 4.25. The van der Waals surface area contributed by atoms with Gasteiger partial charge in [0.05, 0.1) is 19.2 Å². The van der Waals surface area contributed by atoms with Crippen LogP contribution in [0.4, 0.5) is 5.69 Å².